The van der Waals surface area contributed by atoms with Crippen LogP contribution >= 0.6 is 11.8 Å². The molecule has 0 aromatic heterocycles. The van der Waals surface area contributed by atoms with E-state index in [1.165, 1.54) is 0 Å². The van der Waals surface area contributed by atoms with E-state index in [0.29, 0.717) is 5.25 Å². The first-order chi connectivity index (χ1) is 6.75. The maximum atomic E-state index is 9.66. The molecule has 3 unspecified atom stereocenters. The molecule has 1 saturated heterocycles. The minimum atomic E-state index is -0.384. The molecule has 1 N–H and O–H groups in total. The van der Waals surface area contributed by atoms with Crippen LogP contribution in [0.15, 0.2) is 30.3 Å². The van der Waals surface area contributed by atoms with Gasteiger partial charge in [0, 0.05) is 5.25 Å². The predicted molar refractivity (Wildman–Crippen MR) is 58.5 cm³/mol. The molecular weight excluding hydrogens is 196 g/mol. The molecule has 3 heteroatoms. The summed E-state index contributed by atoms with van der Waals surface area (Å²) in [6.45, 7) is 2.11. The topological polar surface area (TPSA) is 29.5 Å². The standard InChI is InChI=1S/C11H14O2S/c1-8-7-10(11(12)14-8)13-9-5-3-2-4-6-9/h2-6,8,10-12H,7H2,1H3. The van der Waals surface area contributed by atoms with Crippen molar-refractivity contribution in [3.8, 4) is 5.75 Å². The summed E-state index contributed by atoms with van der Waals surface area (Å²) < 4.78 is 5.69. The van der Waals surface area contributed by atoms with E-state index in [-0.39, 0.29) is 11.5 Å². The highest BCUT2D eigenvalue weighted by Crippen LogP contribution is 2.34. The second-order valence-corrected chi connectivity index (χ2v) is 5.10. The number of thioether (sulfide) groups is 1. The Labute approximate surface area is 88.3 Å². The molecule has 3 atom stereocenters. The molecule has 0 amide bonds. The third-order valence-electron chi connectivity index (χ3n) is 2.28. The quantitative estimate of drug-likeness (QED) is 0.812. The molecular formula is C11H14O2S. The molecule has 1 fully saturated rings. The van der Waals surface area contributed by atoms with Crippen molar-refractivity contribution in [2.45, 2.75) is 30.1 Å². The fourth-order valence-corrected chi connectivity index (χ4v) is 2.72. The van der Waals surface area contributed by atoms with Crippen LogP contribution in [-0.4, -0.2) is 21.9 Å². The fourth-order valence-electron chi connectivity index (χ4n) is 1.60. The van der Waals surface area contributed by atoms with Gasteiger partial charge in [-0.2, -0.15) is 0 Å². The first-order valence-corrected chi connectivity index (χ1v) is 5.75. The van der Waals surface area contributed by atoms with Crippen molar-refractivity contribution in [2.75, 3.05) is 0 Å². The van der Waals surface area contributed by atoms with Crippen molar-refractivity contribution in [2.24, 2.45) is 0 Å². The Kier molecular flexibility index (Phi) is 2.99. The summed E-state index contributed by atoms with van der Waals surface area (Å²) in [6.07, 6.45) is 0.859. The number of rotatable bonds is 2. The second kappa shape index (κ2) is 4.24. The van der Waals surface area contributed by atoms with Crippen LogP contribution in [0.4, 0.5) is 0 Å². The minimum absolute atomic E-state index is 0.0580. The van der Waals surface area contributed by atoms with E-state index in [2.05, 4.69) is 6.92 Å². The summed E-state index contributed by atoms with van der Waals surface area (Å²) in [7, 11) is 0. The molecule has 76 valence electrons. The molecule has 2 rings (SSSR count). The maximum absolute atomic E-state index is 9.66. The van der Waals surface area contributed by atoms with Crippen molar-refractivity contribution in [1.82, 2.24) is 0 Å². The summed E-state index contributed by atoms with van der Waals surface area (Å²) >= 11 is 1.58. The number of para-hydroxylation sites is 1. The van der Waals surface area contributed by atoms with Crippen molar-refractivity contribution in [1.29, 1.82) is 0 Å². The zero-order valence-electron chi connectivity index (χ0n) is 8.09. The van der Waals surface area contributed by atoms with E-state index in [4.69, 9.17) is 4.74 Å². The van der Waals surface area contributed by atoms with Crippen LogP contribution in [0, 0.1) is 0 Å². The van der Waals surface area contributed by atoms with Gasteiger partial charge in [0.05, 0.1) is 0 Å². The number of hydrogen-bond donors (Lipinski definition) is 1. The first kappa shape index (κ1) is 9.87. The number of benzene rings is 1. The Bertz CT molecular complexity index is 289. The van der Waals surface area contributed by atoms with Crippen LogP contribution in [0.3, 0.4) is 0 Å². The summed E-state index contributed by atoms with van der Waals surface area (Å²) in [6, 6.07) is 9.66. The number of hydrogen-bond acceptors (Lipinski definition) is 3. The molecule has 0 radical (unpaired) electrons. The highest BCUT2D eigenvalue weighted by atomic mass is 32.2. The molecule has 0 aliphatic carbocycles. The van der Waals surface area contributed by atoms with Crippen molar-refractivity contribution >= 4 is 11.8 Å². The van der Waals surface area contributed by atoms with Gasteiger partial charge < -0.3 is 9.84 Å². The molecule has 0 spiro atoms. The van der Waals surface area contributed by atoms with Gasteiger partial charge in [-0.3, -0.25) is 0 Å². The Morgan fingerprint density at radius 1 is 1.36 bits per heavy atom. The SMILES string of the molecule is CC1CC(Oc2ccccc2)C(O)S1. The van der Waals surface area contributed by atoms with E-state index in [9.17, 15) is 5.11 Å². The van der Waals surface area contributed by atoms with E-state index >= 15 is 0 Å². The van der Waals surface area contributed by atoms with Gasteiger partial charge in [0.15, 0.2) is 0 Å². The van der Waals surface area contributed by atoms with E-state index in [0.717, 1.165) is 12.2 Å². The summed E-state index contributed by atoms with van der Waals surface area (Å²) in [5.74, 6) is 0.839. The zero-order valence-corrected chi connectivity index (χ0v) is 8.91. The lowest BCUT2D eigenvalue weighted by Crippen LogP contribution is -2.24. The van der Waals surface area contributed by atoms with Gasteiger partial charge >= 0.3 is 0 Å². The lowest BCUT2D eigenvalue weighted by atomic mass is 10.2. The van der Waals surface area contributed by atoms with E-state index in [1.54, 1.807) is 11.8 Å². The van der Waals surface area contributed by atoms with Gasteiger partial charge in [-0.15, -0.1) is 11.8 Å². The fraction of sp³-hybridized carbons (Fsp3) is 0.455. The van der Waals surface area contributed by atoms with Crippen molar-refractivity contribution < 1.29 is 9.84 Å². The predicted octanol–water partition coefficient (Wildman–Crippen LogP) is 2.28. The van der Waals surface area contributed by atoms with Gasteiger partial charge in [-0.1, -0.05) is 25.1 Å². The molecule has 1 aliphatic heterocycles. The average molecular weight is 210 g/mol. The van der Waals surface area contributed by atoms with Crippen LogP contribution < -0.4 is 4.74 Å². The molecule has 1 aromatic carbocycles. The molecule has 14 heavy (non-hydrogen) atoms. The summed E-state index contributed by atoms with van der Waals surface area (Å²) in [5.41, 5.74) is -0.384. The molecule has 0 saturated carbocycles. The van der Waals surface area contributed by atoms with Crippen molar-refractivity contribution in [3.63, 3.8) is 0 Å². The van der Waals surface area contributed by atoms with Gasteiger partial charge in [0.1, 0.15) is 17.3 Å². The van der Waals surface area contributed by atoms with Crippen LogP contribution in [0.1, 0.15) is 13.3 Å². The van der Waals surface area contributed by atoms with Crippen LogP contribution in [0.25, 0.3) is 0 Å². The van der Waals surface area contributed by atoms with Crippen LogP contribution in [0.5, 0.6) is 5.75 Å². The lowest BCUT2D eigenvalue weighted by Gasteiger charge is -2.15. The Morgan fingerprint density at radius 3 is 2.64 bits per heavy atom. The summed E-state index contributed by atoms with van der Waals surface area (Å²) in [5, 5.41) is 10.1. The van der Waals surface area contributed by atoms with Gasteiger partial charge in [0.25, 0.3) is 0 Å². The first-order valence-electron chi connectivity index (χ1n) is 4.81. The van der Waals surface area contributed by atoms with E-state index < -0.39 is 0 Å². The highest BCUT2D eigenvalue weighted by molar-refractivity contribution is 8.00. The monoisotopic (exact) mass is 210 g/mol. The van der Waals surface area contributed by atoms with E-state index in [1.807, 2.05) is 30.3 Å². The molecule has 0 bridgehead atoms. The van der Waals surface area contributed by atoms with Gasteiger partial charge in [-0.05, 0) is 18.6 Å². The Hall–Kier alpha value is -0.670. The molecule has 1 heterocycles. The lowest BCUT2D eigenvalue weighted by molar-refractivity contribution is 0.0975. The third-order valence-corrected chi connectivity index (χ3v) is 3.52. The average Bonchev–Trinajstić information content (AvgIpc) is 2.47. The Balaban J connectivity index is 1.98. The molecule has 1 aliphatic rings. The highest BCUT2D eigenvalue weighted by Gasteiger charge is 2.32. The minimum Gasteiger partial charge on any atom is -0.487 e. The van der Waals surface area contributed by atoms with Crippen LogP contribution in [-0.2, 0) is 0 Å². The largest absolute Gasteiger partial charge is 0.487 e. The van der Waals surface area contributed by atoms with Gasteiger partial charge in [0.2, 0.25) is 0 Å². The maximum Gasteiger partial charge on any atom is 0.136 e. The smallest absolute Gasteiger partial charge is 0.136 e. The summed E-state index contributed by atoms with van der Waals surface area (Å²) in [4.78, 5) is 0. The number of aliphatic hydroxyl groups excluding tert-OH is 1. The number of aliphatic hydroxyl groups is 1. The third kappa shape index (κ3) is 2.22. The second-order valence-electron chi connectivity index (χ2n) is 3.54. The normalized spacial score (nSPS) is 31.7. The van der Waals surface area contributed by atoms with Crippen molar-refractivity contribution in [3.05, 3.63) is 30.3 Å². The Morgan fingerprint density at radius 2 is 2.07 bits per heavy atom. The molecule has 2 nitrogen and oxygen atoms in total. The zero-order chi connectivity index (χ0) is 9.97. The van der Waals surface area contributed by atoms with Gasteiger partial charge in [-0.25, -0.2) is 0 Å². The molecule has 1 aromatic rings. The van der Waals surface area contributed by atoms with Crippen LogP contribution in [0.2, 0.25) is 0 Å². The number of ether oxygens (including phenoxy) is 1.